The van der Waals surface area contributed by atoms with Gasteiger partial charge in [0.15, 0.2) is 0 Å². The van der Waals surface area contributed by atoms with Crippen molar-refractivity contribution in [2.75, 3.05) is 0 Å². The first-order valence-corrected chi connectivity index (χ1v) is 8.91. The molecule has 0 amide bonds. The van der Waals surface area contributed by atoms with Crippen molar-refractivity contribution in [1.82, 2.24) is 0 Å². The number of hydrogen-bond donors (Lipinski definition) is 0. The number of rotatable bonds is 11. The first-order chi connectivity index (χ1) is 8.91. The predicted molar refractivity (Wildman–Crippen MR) is 89.6 cm³/mol. The van der Waals surface area contributed by atoms with Gasteiger partial charge in [-0.15, -0.1) is 0 Å². The Kier molecular flexibility index (Phi) is 9.83. The minimum Gasteiger partial charge on any atom is -0.0654 e. The van der Waals surface area contributed by atoms with Crippen LogP contribution < -0.4 is 0 Å². The van der Waals surface area contributed by atoms with E-state index in [0.717, 1.165) is 17.8 Å². The molecule has 0 heteroatoms. The molecule has 0 aromatic carbocycles. The molecule has 0 heterocycles. The maximum absolute atomic E-state index is 2.54. The van der Waals surface area contributed by atoms with E-state index in [9.17, 15) is 0 Å². The van der Waals surface area contributed by atoms with E-state index in [1.165, 1.54) is 51.4 Å². The van der Waals surface area contributed by atoms with E-state index in [2.05, 4.69) is 48.5 Å². The van der Waals surface area contributed by atoms with E-state index in [1.807, 2.05) is 0 Å². The van der Waals surface area contributed by atoms with Crippen molar-refractivity contribution in [1.29, 1.82) is 0 Å². The topological polar surface area (TPSA) is 0 Å². The molecule has 0 nitrogen and oxygen atoms in total. The third-order valence-electron chi connectivity index (χ3n) is 5.65. The lowest BCUT2D eigenvalue weighted by Gasteiger charge is -2.39. The van der Waals surface area contributed by atoms with E-state index in [0.29, 0.717) is 5.41 Å². The standard InChI is InChI=1S/C19H40/c1-8-11-12-13-16(4)17(5)15-19(7,14-9-2)18(6)10-3/h16-18H,8-15H2,1-7H3. The third kappa shape index (κ3) is 6.82. The van der Waals surface area contributed by atoms with Crippen LogP contribution in [0.1, 0.15) is 99.8 Å². The summed E-state index contributed by atoms with van der Waals surface area (Å²) in [4.78, 5) is 0. The Morgan fingerprint density at radius 2 is 1.47 bits per heavy atom. The van der Waals surface area contributed by atoms with E-state index in [1.54, 1.807) is 0 Å². The van der Waals surface area contributed by atoms with Gasteiger partial charge in [-0.1, -0.05) is 87.0 Å². The van der Waals surface area contributed by atoms with Crippen molar-refractivity contribution in [3.63, 3.8) is 0 Å². The molecular formula is C19H40. The molecule has 0 aromatic heterocycles. The maximum Gasteiger partial charge on any atom is -0.0298 e. The summed E-state index contributed by atoms with van der Waals surface area (Å²) >= 11 is 0. The molecule has 0 aliphatic carbocycles. The molecule has 0 bridgehead atoms. The first-order valence-electron chi connectivity index (χ1n) is 8.91. The number of unbranched alkanes of at least 4 members (excludes halogenated alkanes) is 2. The minimum absolute atomic E-state index is 0.557. The van der Waals surface area contributed by atoms with Gasteiger partial charge in [0, 0.05) is 0 Å². The van der Waals surface area contributed by atoms with Gasteiger partial charge in [0.2, 0.25) is 0 Å². The van der Waals surface area contributed by atoms with Crippen LogP contribution in [-0.4, -0.2) is 0 Å². The Morgan fingerprint density at radius 3 is 1.95 bits per heavy atom. The summed E-state index contributed by atoms with van der Waals surface area (Å²) in [5, 5.41) is 0. The summed E-state index contributed by atoms with van der Waals surface area (Å²) in [6.07, 6.45) is 11.1. The van der Waals surface area contributed by atoms with Crippen molar-refractivity contribution in [3.05, 3.63) is 0 Å². The molecule has 0 spiro atoms. The van der Waals surface area contributed by atoms with Gasteiger partial charge in [-0.3, -0.25) is 0 Å². The molecule has 0 radical (unpaired) electrons. The van der Waals surface area contributed by atoms with Gasteiger partial charge in [0.1, 0.15) is 0 Å². The lowest BCUT2D eigenvalue weighted by Crippen LogP contribution is -2.29. The fourth-order valence-electron chi connectivity index (χ4n) is 3.55. The van der Waals surface area contributed by atoms with Crippen LogP contribution in [0.5, 0.6) is 0 Å². The molecule has 19 heavy (non-hydrogen) atoms. The van der Waals surface area contributed by atoms with Crippen LogP contribution in [0, 0.1) is 23.2 Å². The predicted octanol–water partition coefficient (Wildman–Crippen LogP) is 7.08. The molecule has 4 unspecified atom stereocenters. The highest BCUT2D eigenvalue weighted by Crippen LogP contribution is 2.42. The van der Waals surface area contributed by atoms with E-state index >= 15 is 0 Å². The average molecular weight is 269 g/mol. The van der Waals surface area contributed by atoms with E-state index in [4.69, 9.17) is 0 Å². The van der Waals surface area contributed by atoms with Gasteiger partial charge >= 0.3 is 0 Å². The summed E-state index contributed by atoms with van der Waals surface area (Å²) in [6, 6.07) is 0. The van der Waals surface area contributed by atoms with Crippen LogP contribution in [0.25, 0.3) is 0 Å². The fraction of sp³-hybridized carbons (Fsp3) is 1.00. The summed E-state index contributed by atoms with van der Waals surface area (Å²) in [5.41, 5.74) is 0.557. The Bertz CT molecular complexity index is 208. The van der Waals surface area contributed by atoms with Crippen LogP contribution >= 0.6 is 0 Å². The molecule has 0 aliphatic rings. The van der Waals surface area contributed by atoms with Crippen LogP contribution in [0.4, 0.5) is 0 Å². The molecule has 0 aromatic rings. The van der Waals surface area contributed by atoms with Gasteiger partial charge in [-0.05, 0) is 36.0 Å². The molecule has 0 N–H and O–H groups in total. The molecule has 0 fully saturated rings. The summed E-state index contributed by atoms with van der Waals surface area (Å²) in [6.45, 7) is 17.0. The van der Waals surface area contributed by atoms with Crippen LogP contribution in [0.15, 0.2) is 0 Å². The Morgan fingerprint density at radius 1 is 0.842 bits per heavy atom. The van der Waals surface area contributed by atoms with Crippen LogP contribution in [0.3, 0.4) is 0 Å². The smallest absolute Gasteiger partial charge is 0.0298 e. The van der Waals surface area contributed by atoms with Crippen molar-refractivity contribution >= 4 is 0 Å². The van der Waals surface area contributed by atoms with Gasteiger partial charge in [-0.2, -0.15) is 0 Å². The molecule has 0 aliphatic heterocycles. The molecule has 4 atom stereocenters. The second-order valence-corrected chi connectivity index (χ2v) is 7.37. The van der Waals surface area contributed by atoms with Gasteiger partial charge in [0.25, 0.3) is 0 Å². The highest BCUT2D eigenvalue weighted by atomic mass is 14.4. The van der Waals surface area contributed by atoms with E-state index in [-0.39, 0.29) is 0 Å². The molecule has 0 saturated heterocycles. The Hall–Kier alpha value is 0. The zero-order valence-corrected chi connectivity index (χ0v) is 14.9. The third-order valence-corrected chi connectivity index (χ3v) is 5.65. The summed E-state index contributed by atoms with van der Waals surface area (Å²) < 4.78 is 0. The normalized spacial score (nSPS) is 19.7. The lowest BCUT2D eigenvalue weighted by molar-refractivity contribution is 0.115. The SMILES string of the molecule is CCCCCC(C)C(C)CC(C)(CCC)C(C)CC. The number of hydrogen-bond acceptors (Lipinski definition) is 0. The minimum atomic E-state index is 0.557. The molecule has 116 valence electrons. The van der Waals surface area contributed by atoms with Crippen molar-refractivity contribution < 1.29 is 0 Å². The van der Waals surface area contributed by atoms with Crippen molar-refractivity contribution in [2.24, 2.45) is 23.2 Å². The molecular weight excluding hydrogens is 228 g/mol. The summed E-state index contributed by atoms with van der Waals surface area (Å²) in [7, 11) is 0. The summed E-state index contributed by atoms with van der Waals surface area (Å²) in [5.74, 6) is 2.63. The second kappa shape index (κ2) is 9.83. The van der Waals surface area contributed by atoms with Crippen LogP contribution in [0.2, 0.25) is 0 Å². The van der Waals surface area contributed by atoms with Crippen molar-refractivity contribution in [3.8, 4) is 0 Å². The molecule has 0 rings (SSSR count). The molecule has 0 saturated carbocycles. The zero-order chi connectivity index (χ0) is 14.9. The van der Waals surface area contributed by atoms with Gasteiger partial charge < -0.3 is 0 Å². The first kappa shape index (κ1) is 19.0. The second-order valence-electron chi connectivity index (χ2n) is 7.37. The van der Waals surface area contributed by atoms with Crippen LogP contribution in [-0.2, 0) is 0 Å². The largest absolute Gasteiger partial charge is 0.0654 e. The van der Waals surface area contributed by atoms with Gasteiger partial charge in [-0.25, -0.2) is 0 Å². The zero-order valence-electron chi connectivity index (χ0n) is 14.9. The quantitative estimate of drug-likeness (QED) is 0.351. The highest BCUT2D eigenvalue weighted by Gasteiger charge is 2.32. The monoisotopic (exact) mass is 268 g/mol. The average Bonchev–Trinajstić information content (AvgIpc) is 2.37. The van der Waals surface area contributed by atoms with E-state index < -0.39 is 0 Å². The Labute approximate surface area is 123 Å². The van der Waals surface area contributed by atoms with Crippen molar-refractivity contribution in [2.45, 2.75) is 99.8 Å². The highest BCUT2D eigenvalue weighted by molar-refractivity contribution is 4.82. The Balaban J connectivity index is 4.40. The lowest BCUT2D eigenvalue weighted by atomic mass is 9.66. The fourth-order valence-corrected chi connectivity index (χ4v) is 3.55. The maximum atomic E-state index is 2.54. The van der Waals surface area contributed by atoms with Gasteiger partial charge in [0.05, 0.1) is 0 Å².